The fraction of sp³-hybridized carbons (Fsp3) is 0.226. The number of amides is 1. The van der Waals surface area contributed by atoms with Crippen molar-refractivity contribution >= 4 is 17.4 Å². The van der Waals surface area contributed by atoms with Gasteiger partial charge in [-0.05, 0) is 43.0 Å². The van der Waals surface area contributed by atoms with Gasteiger partial charge < -0.3 is 20.1 Å². The van der Waals surface area contributed by atoms with Crippen LogP contribution in [-0.4, -0.2) is 25.9 Å². The van der Waals surface area contributed by atoms with Crippen LogP contribution in [0.1, 0.15) is 42.7 Å². The largest absolute Gasteiger partial charge is 0.497 e. The lowest BCUT2D eigenvalue weighted by Crippen LogP contribution is -2.37. The third-order valence-corrected chi connectivity index (χ3v) is 7.27. The first-order chi connectivity index (χ1) is 18.8. The van der Waals surface area contributed by atoms with Gasteiger partial charge in [-0.3, -0.25) is 9.59 Å². The number of rotatable bonds is 6. The lowest BCUT2D eigenvalue weighted by Gasteiger charge is -2.37. The second-order valence-corrected chi connectivity index (χ2v) is 9.61. The van der Waals surface area contributed by atoms with E-state index in [0.717, 1.165) is 17.3 Å². The summed E-state index contributed by atoms with van der Waals surface area (Å²) >= 11 is 0. The fourth-order valence-corrected chi connectivity index (χ4v) is 5.45. The summed E-state index contributed by atoms with van der Waals surface area (Å²) in [7, 11) is 3.04. The van der Waals surface area contributed by atoms with E-state index < -0.39 is 23.5 Å². The van der Waals surface area contributed by atoms with Crippen LogP contribution in [0.3, 0.4) is 0 Å². The van der Waals surface area contributed by atoms with E-state index in [1.54, 1.807) is 25.1 Å². The highest BCUT2D eigenvalue weighted by atomic mass is 19.1. The molecule has 5 rings (SSSR count). The molecule has 2 N–H and O–H groups in total. The van der Waals surface area contributed by atoms with Crippen molar-refractivity contribution in [3.05, 3.63) is 112 Å². The Morgan fingerprint density at radius 3 is 2.44 bits per heavy atom. The molecule has 2 atom stereocenters. The molecule has 0 aromatic heterocycles. The SMILES string of the molecule is COc1ccc([C@H]2C(C(=O)Nc3ccc(F)cc3F)=C(C)NC3=C2C(=O)C[C@H](c2ccccc2)C3)c(OC)c1. The Balaban J connectivity index is 1.62. The Bertz CT molecular complexity index is 1510. The first-order valence-corrected chi connectivity index (χ1v) is 12.6. The molecule has 0 bridgehead atoms. The second-order valence-electron chi connectivity index (χ2n) is 9.61. The van der Waals surface area contributed by atoms with Gasteiger partial charge in [-0.25, -0.2) is 8.78 Å². The molecular weight excluding hydrogens is 502 g/mol. The van der Waals surface area contributed by atoms with Crippen LogP contribution in [0, 0.1) is 11.6 Å². The number of dihydropyridines is 1. The molecule has 0 fully saturated rings. The van der Waals surface area contributed by atoms with Crippen LogP contribution in [0.2, 0.25) is 0 Å². The third kappa shape index (κ3) is 5.02. The first-order valence-electron chi connectivity index (χ1n) is 12.6. The van der Waals surface area contributed by atoms with E-state index >= 15 is 0 Å². The summed E-state index contributed by atoms with van der Waals surface area (Å²) in [5, 5.41) is 5.87. The summed E-state index contributed by atoms with van der Waals surface area (Å²) in [6.45, 7) is 1.75. The van der Waals surface area contributed by atoms with Gasteiger partial charge in [-0.1, -0.05) is 36.4 Å². The van der Waals surface area contributed by atoms with Gasteiger partial charge in [-0.2, -0.15) is 0 Å². The Morgan fingerprint density at radius 2 is 1.74 bits per heavy atom. The molecule has 1 amide bonds. The van der Waals surface area contributed by atoms with Crippen molar-refractivity contribution in [2.45, 2.75) is 31.6 Å². The van der Waals surface area contributed by atoms with Crippen molar-refractivity contribution < 1.29 is 27.8 Å². The highest BCUT2D eigenvalue weighted by Gasteiger charge is 2.42. The maximum absolute atomic E-state index is 14.4. The molecule has 0 spiro atoms. The fourth-order valence-electron chi connectivity index (χ4n) is 5.45. The number of anilines is 1. The number of hydrogen-bond donors (Lipinski definition) is 2. The molecule has 39 heavy (non-hydrogen) atoms. The number of nitrogens with one attached hydrogen (secondary N) is 2. The van der Waals surface area contributed by atoms with E-state index in [1.807, 2.05) is 30.3 Å². The summed E-state index contributed by atoms with van der Waals surface area (Å²) in [6.07, 6.45) is 0.860. The number of methoxy groups -OCH3 is 2. The maximum Gasteiger partial charge on any atom is 0.254 e. The van der Waals surface area contributed by atoms with Crippen molar-refractivity contribution in [2.75, 3.05) is 19.5 Å². The quantitative estimate of drug-likeness (QED) is 0.410. The molecule has 0 unspecified atom stereocenters. The molecule has 1 aliphatic heterocycles. The number of ether oxygens (including phenoxy) is 2. The van der Waals surface area contributed by atoms with Crippen molar-refractivity contribution in [3.8, 4) is 11.5 Å². The van der Waals surface area contributed by atoms with Gasteiger partial charge in [0.1, 0.15) is 23.1 Å². The third-order valence-electron chi connectivity index (χ3n) is 7.27. The number of halogens is 2. The predicted molar refractivity (Wildman–Crippen MR) is 144 cm³/mol. The average Bonchev–Trinajstić information content (AvgIpc) is 2.93. The predicted octanol–water partition coefficient (Wildman–Crippen LogP) is 5.98. The van der Waals surface area contributed by atoms with Crippen LogP contribution in [0.25, 0.3) is 0 Å². The number of Topliss-reactive ketones (excluding diaryl/α,β-unsaturated/α-hetero) is 1. The molecule has 200 valence electrons. The van der Waals surface area contributed by atoms with Gasteiger partial charge in [0.15, 0.2) is 5.78 Å². The zero-order valence-electron chi connectivity index (χ0n) is 21.8. The minimum absolute atomic E-state index is 0.0140. The lowest BCUT2D eigenvalue weighted by molar-refractivity contribution is -0.116. The number of benzene rings is 3. The molecular formula is C31H28F2N2O4. The highest BCUT2D eigenvalue weighted by Crippen LogP contribution is 2.48. The van der Waals surface area contributed by atoms with Gasteiger partial charge >= 0.3 is 0 Å². The lowest BCUT2D eigenvalue weighted by atomic mass is 9.71. The Kier molecular flexibility index (Phi) is 7.19. The number of hydrogen-bond acceptors (Lipinski definition) is 5. The van der Waals surface area contributed by atoms with Crippen LogP contribution in [0.5, 0.6) is 11.5 Å². The van der Waals surface area contributed by atoms with Crippen LogP contribution >= 0.6 is 0 Å². The molecule has 2 aliphatic rings. The van der Waals surface area contributed by atoms with E-state index in [0.29, 0.717) is 40.8 Å². The zero-order chi connectivity index (χ0) is 27.7. The van der Waals surface area contributed by atoms with Crippen LogP contribution in [0.4, 0.5) is 14.5 Å². The Hall–Kier alpha value is -4.46. The van der Waals surface area contributed by atoms with E-state index in [-0.39, 0.29) is 29.4 Å². The monoisotopic (exact) mass is 530 g/mol. The van der Waals surface area contributed by atoms with Gasteiger partial charge in [0, 0.05) is 46.7 Å². The maximum atomic E-state index is 14.4. The molecule has 6 nitrogen and oxygen atoms in total. The Labute approximate surface area is 225 Å². The van der Waals surface area contributed by atoms with Crippen molar-refractivity contribution in [1.82, 2.24) is 5.32 Å². The number of allylic oxidation sites excluding steroid dienone is 3. The standard InChI is InChI=1S/C31H28F2N2O4/c1-17-28(31(37)35-24-12-9-20(32)15-23(24)33)29(22-11-10-21(38-2)16-27(22)39-3)30-25(34-17)13-19(14-26(30)36)18-7-5-4-6-8-18/h4-12,15-16,19,29,34H,13-14H2,1-3H3,(H,35,37)/t19-,29+/m1/s1. The number of ketones is 1. The van der Waals surface area contributed by atoms with E-state index in [4.69, 9.17) is 9.47 Å². The van der Waals surface area contributed by atoms with Crippen LogP contribution in [0.15, 0.2) is 89.3 Å². The van der Waals surface area contributed by atoms with Crippen LogP contribution < -0.4 is 20.1 Å². The highest BCUT2D eigenvalue weighted by molar-refractivity contribution is 6.10. The van der Waals surface area contributed by atoms with Crippen molar-refractivity contribution in [1.29, 1.82) is 0 Å². The molecule has 3 aromatic rings. The summed E-state index contributed by atoms with van der Waals surface area (Å²) in [5.41, 5.74) is 3.48. The van der Waals surface area contributed by atoms with Crippen molar-refractivity contribution in [2.24, 2.45) is 0 Å². The van der Waals surface area contributed by atoms with Gasteiger partial charge in [0.05, 0.1) is 25.8 Å². The summed E-state index contributed by atoms with van der Waals surface area (Å²) < 4.78 is 38.9. The number of carbonyl (C=O) groups excluding carboxylic acids is 2. The van der Waals surface area contributed by atoms with Gasteiger partial charge in [-0.15, -0.1) is 0 Å². The van der Waals surface area contributed by atoms with Crippen molar-refractivity contribution in [3.63, 3.8) is 0 Å². The molecule has 0 radical (unpaired) electrons. The minimum atomic E-state index is -0.900. The molecule has 8 heteroatoms. The molecule has 1 heterocycles. The van der Waals surface area contributed by atoms with E-state index in [9.17, 15) is 18.4 Å². The van der Waals surface area contributed by atoms with E-state index in [2.05, 4.69) is 10.6 Å². The normalized spacial score (nSPS) is 18.8. The average molecular weight is 531 g/mol. The minimum Gasteiger partial charge on any atom is -0.497 e. The summed E-state index contributed by atoms with van der Waals surface area (Å²) in [5.74, 6) is -2.16. The summed E-state index contributed by atoms with van der Waals surface area (Å²) in [6, 6.07) is 18.0. The smallest absolute Gasteiger partial charge is 0.254 e. The molecule has 1 aliphatic carbocycles. The first kappa shape index (κ1) is 26.2. The van der Waals surface area contributed by atoms with Crippen LogP contribution in [-0.2, 0) is 9.59 Å². The molecule has 0 saturated heterocycles. The summed E-state index contributed by atoms with van der Waals surface area (Å²) in [4.78, 5) is 27.5. The number of carbonyl (C=O) groups is 2. The second kappa shape index (κ2) is 10.7. The van der Waals surface area contributed by atoms with E-state index in [1.165, 1.54) is 20.3 Å². The van der Waals surface area contributed by atoms with Gasteiger partial charge in [0.2, 0.25) is 0 Å². The topological polar surface area (TPSA) is 76.7 Å². The van der Waals surface area contributed by atoms with Gasteiger partial charge in [0.25, 0.3) is 5.91 Å². The molecule has 0 saturated carbocycles. The molecule has 3 aromatic carbocycles. The Morgan fingerprint density at radius 1 is 0.974 bits per heavy atom. The zero-order valence-corrected chi connectivity index (χ0v) is 21.8.